The van der Waals surface area contributed by atoms with Gasteiger partial charge in [0.05, 0.1) is 18.3 Å². The van der Waals surface area contributed by atoms with E-state index in [9.17, 15) is 14.4 Å². The maximum Gasteiger partial charge on any atom is 0.292 e. The Labute approximate surface area is 244 Å². The topological polar surface area (TPSA) is 135 Å². The van der Waals surface area contributed by atoms with E-state index >= 15 is 0 Å². The molecular weight excluding hydrogens is 542 g/mol. The summed E-state index contributed by atoms with van der Waals surface area (Å²) in [6.45, 7) is 6.95. The minimum absolute atomic E-state index is 0.0188. The Kier molecular flexibility index (Phi) is 10.6. The lowest BCUT2D eigenvalue weighted by Gasteiger charge is -2.27. The Morgan fingerprint density at radius 1 is 1.15 bits per heavy atom. The number of rotatable bonds is 7. The molecule has 220 valence electrons. The maximum absolute atomic E-state index is 13.5. The van der Waals surface area contributed by atoms with Gasteiger partial charge in [-0.25, -0.2) is 9.67 Å². The van der Waals surface area contributed by atoms with Crippen molar-refractivity contribution >= 4 is 29.5 Å². The van der Waals surface area contributed by atoms with Gasteiger partial charge in [0.2, 0.25) is 17.6 Å². The van der Waals surface area contributed by atoms with Gasteiger partial charge >= 0.3 is 0 Å². The second-order valence-electron chi connectivity index (χ2n) is 10.4. The molecule has 4 rings (SSSR count). The van der Waals surface area contributed by atoms with Crippen LogP contribution < -0.4 is 10.6 Å². The molecule has 0 radical (unpaired) electrons. The van der Waals surface area contributed by atoms with Crippen LogP contribution in [0.4, 0.5) is 0 Å². The first kappa shape index (κ1) is 30.3. The molecule has 2 atom stereocenters. The van der Waals surface area contributed by atoms with E-state index in [0.29, 0.717) is 56.2 Å². The third-order valence-electron chi connectivity index (χ3n) is 7.07. The fourth-order valence-corrected chi connectivity index (χ4v) is 5.18. The van der Waals surface area contributed by atoms with Crippen molar-refractivity contribution in [3.63, 3.8) is 0 Å². The van der Waals surface area contributed by atoms with Crippen molar-refractivity contribution in [2.45, 2.75) is 65.1 Å². The summed E-state index contributed by atoms with van der Waals surface area (Å²) in [7, 11) is 0. The van der Waals surface area contributed by atoms with Crippen LogP contribution in [0.2, 0.25) is 0 Å². The molecule has 0 aliphatic carbocycles. The smallest absolute Gasteiger partial charge is 0.292 e. The highest BCUT2D eigenvalue weighted by atomic mass is 32.2. The fourth-order valence-electron chi connectivity index (χ4n) is 4.71. The molecule has 0 unspecified atom stereocenters. The summed E-state index contributed by atoms with van der Waals surface area (Å²) >= 11 is 1.62. The number of carbonyl (C=O) groups is 3. The van der Waals surface area contributed by atoms with Gasteiger partial charge in [0.25, 0.3) is 5.91 Å². The Bertz CT molecular complexity index is 1320. The van der Waals surface area contributed by atoms with Gasteiger partial charge in [0.1, 0.15) is 6.04 Å². The van der Waals surface area contributed by atoms with Crippen LogP contribution >= 0.6 is 11.8 Å². The van der Waals surface area contributed by atoms with Gasteiger partial charge < -0.3 is 20.1 Å². The number of hydrogen-bond donors (Lipinski definition) is 2. The molecule has 3 amide bonds. The van der Waals surface area contributed by atoms with Crippen molar-refractivity contribution in [2.75, 3.05) is 25.1 Å². The van der Waals surface area contributed by atoms with Crippen molar-refractivity contribution in [1.82, 2.24) is 35.5 Å². The Morgan fingerprint density at radius 2 is 1.93 bits per heavy atom. The SMILES string of the molecule is CCc1cc(C(=O)N2CCCC(=O)N[C@@H](CCSC)C(=O)N[C@H](C(C)C)c3nc(-c4ccccc4)nn3CC2)on1. The number of aromatic nitrogens is 4. The van der Waals surface area contributed by atoms with Crippen molar-refractivity contribution < 1.29 is 18.9 Å². The third kappa shape index (κ3) is 7.75. The van der Waals surface area contributed by atoms with Gasteiger partial charge in [0.15, 0.2) is 11.6 Å². The standard InChI is InChI=1S/C29H39N7O4S/c1-5-21-18-23(40-34-21)29(39)35-14-9-12-24(37)30-22(13-17-41-4)28(38)31-25(19(2)3)27-32-26(33-36(27)16-15-35)20-10-7-6-8-11-20/h6-8,10-11,18-19,22,25H,5,9,12-17H2,1-4H3,(H,30,37)(H,31,38)/t22-,25+/m0/s1. The third-order valence-corrected chi connectivity index (χ3v) is 7.71. The van der Waals surface area contributed by atoms with Crippen LogP contribution in [-0.2, 0) is 22.6 Å². The first-order valence-electron chi connectivity index (χ1n) is 14.1. The van der Waals surface area contributed by atoms with Gasteiger partial charge in [-0.2, -0.15) is 16.9 Å². The number of thioether (sulfide) groups is 1. The molecule has 2 aromatic heterocycles. The number of benzene rings is 1. The van der Waals surface area contributed by atoms with Crippen LogP contribution in [0.3, 0.4) is 0 Å². The molecule has 1 aliphatic rings. The molecule has 0 bridgehead atoms. The minimum Gasteiger partial charge on any atom is -0.351 e. The second-order valence-corrected chi connectivity index (χ2v) is 11.4. The molecule has 0 saturated heterocycles. The number of amides is 3. The number of nitrogens with zero attached hydrogens (tertiary/aromatic N) is 5. The van der Waals surface area contributed by atoms with Crippen LogP contribution in [0.5, 0.6) is 0 Å². The van der Waals surface area contributed by atoms with E-state index in [2.05, 4.69) is 15.8 Å². The molecule has 1 aromatic carbocycles. The molecule has 2 N–H and O–H groups in total. The van der Waals surface area contributed by atoms with Crippen molar-refractivity contribution in [2.24, 2.45) is 5.92 Å². The van der Waals surface area contributed by atoms with E-state index in [0.717, 1.165) is 11.3 Å². The second kappa shape index (κ2) is 14.3. The number of aryl methyl sites for hydroxylation is 1. The lowest BCUT2D eigenvalue weighted by molar-refractivity contribution is -0.129. The van der Waals surface area contributed by atoms with Crippen LogP contribution in [0.15, 0.2) is 40.9 Å². The van der Waals surface area contributed by atoms with E-state index in [1.54, 1.807) is 27.4 Å². The zero-order chi connectivity index (χ0) is 29.4. The lowest BCUT2D eigenvalue weighted by atomic mass is 10.0. The molecule has 1 aliphatic heterocycles. The molecular formula is C29H39N7O4S. The average Bonchev–Trinajstić information content (AvgIpc) is 3.63. The van der Waals surface area contributed by atoms with E-state index < -0.39 is 12.1 Å². The predicted octanol–water partition coefficient (Wildman–Crippen LogP) is 3.48. The summed E-state index contributed by atoms with van der Waals surface area (Å²) in [6, 6.07) is 10.2. The van der Waals surface area contributed by atoms with Gasteiger partial charge in [-0.15, -0.1) is 0 Å². The summed E-state index contributed by atoms with van der Waals surface area (Å²) in [4.78, 5) is 46.4. The van der Waals surface area contributed by atoms with Gasteiger partial charge in [-0.1, -0.05) is 56.3 Å². The Hall–Kier alpha value is -3.67. The highest BCUT2D eigenvalue weighted by Crippen LogP contribution is 2.25. The zero-order valence-corrected chi connectivity index (χ0v) is 24.9. The Morgan fingerprint density at radius 3 is 2.61 bits per heavy atom. The van der Waals surface area contributed by atoms with E-state index in [4.69, 9.17) is 14.6 Å². The lowest BCUT2D eigenvalue weighted by Crippen LogP contribution is -2.49. The molecule has 3 heterocycles. The first-order valence-corrected chi connectivity index (χ1v) is 15.5. The maximum atomic E-state index is 13.5. The number of hydrogen-bond acceptors (Lipinski definition) is 8. The number of nitrogens with one attached hydrogen (secondary N) is 2. The first-order chi connectivity index (χ1) is 19.8. The summed E-state index contributed by atoms with van der Waals surface area (Å²) in [6.07, 6.45) is 3.74. The van der Waals surface area contributed by atoms with E-state index in [1.807, 2.05) is 57.4 Å². The van der Waals surface area contributed by atoms with Crippen molar-refractivity contribution in [1.29, 1.82) is 0 Å². The largest absolute Gasteiger partial charge is 0.351 e. The molecule has 0 spiro atoms. The monoisotopic (exact) mass is 581 g/mol. The minimum atomic E-state index is -0.677. The van der Waals surface area contributed by atoms with Crippen molar-refractivity contribution in [3.8, 4) is 11.4 Å². The Balaban J connectivity index is 1.72. The summed E-state index contributed by atoms with van der Waals surface area (Å²) in [5, 5.41) is 14.9. The van der Waals surface area contributed by atoms with Crippen LogP contribution in [0.1, 0.15) is 68.1 Å². The van der Waals surface area contributed by atoms with Gasteiger partial charge in [0, 0.05) is 31.1 Å². The quantitative estimate of drug-likeness (QED) is 0.433. The van der Waals surface area contributed by atoms with Crippen molar-refractivity contribution in [3.05, 3.63) is 53.7 Å². The average molecular weight is 582 g/mol. The van der Waals surface area contributed by atoms with Gasteiger partial charge in [-0.05, 0) is 37.2 Å². The van der Waals surface area contributed by atoms with Gasteiger partial charge in [-0.3, -0.25) is 14.4 Å². The normalized spacial score (nSPS) is 18.9. The van der Waals surface area contributed by atoms with Crippen LogP contribution in [-0.4, -0.2) is 73.7 Å². The zero-order valence-electron chi connectivity index (χ0n) is 24.1. The highest BCUT2D eigenvalue weighted by molar-refractivity contribution is 7.98. The fraction of sp³-hybridized carbons (Fsp3) is 0.517. The molecule has 3 aromatic rings. The van der Waals surface area contributed by atoms with Crippen LogP contribution in [0.25, 0.3) is 11.4 Å². The van der Waals surface area contributed by atoms with E-state index in [1.165, 1.54) is 0 Å². The highest BCUT2D eigenvalue weighted by Gasteiger charge is 2.30. The molecule has 11 nitrogen and oxygen atoms in total. The summed E-state index contributed by atoms with van der Waals surface area (Å²) in [5.41, 5.74) is 1.55. The molecule has 0 saturated carbocycles. The number of carbonyl (C=O) groups excluding carboxylic acids is 3. The number of fused-ring (bicyclic) bond motifs is 1. The molecule has 41 heavy (non-hydrogen) atoms. The van der Waals surface area contributed by atoms with E-state index in [-0.39, 0.29) is 35.8 Å². The molecule has 12 heteroatoms. The molecule has 0 fully saturated rings. The predicted molar refractivity (Wildman–Crippen MR) is 157 cm³/mol. The summed E-state index contributed by atoms with van der Waals surface area (Å²) < 4.78 is 7.12. The van der Waals surface area contributed by atoms with Crippen LogP contribution in [0, 0.1) is 5.92 Å². The summed E-state index contributed by atoms with van der Waals surface area (Å²) in [5.74, 6) is 1.25.